The highest BCUT2D eigenvalue weighted by Gasteiger charge is 2.28. The van der Waals surface area contributed by atoms with Crippen LogP contribution in [0.2, 0.25) is 0 Å². The third kappa shape index (κ3) is 6.80. The molecule has 0 saturated carbocycles. The topological polar surface area (TPSA) is 87.5 Å². The molecule has 1 heterocycles. The van der Waals surface area contributed by atoms with Crippen LogP contribution in [0.5, 0.6) is 0 Å². The molecule has 122 valence electrons. The van der Waals surface area contributed by atoms with Crippen molar-refractivity contribution in [1.82, 2.24) is 15.5 Å². The van der Waals surface area contributed by atoms with E-state index < -0.39 is 0 Å². The van der Waals surface area contributed by atoms with Gasteiger partial charge in [-0.3, -0.25) is 4.79 Å². The number of likely N-dealkylation sites (tertiary alicyclic amines) is 1. The number of nitrogens with one attached hydrogen (secondary N) is 2. The predicted molar refractivity (Wildman–Crippen MR) is 83.8 cm³/mol. The van der Waals surface area contributed by atoms with Crippen molar-refractivity contribution < 1.29 is 9.59 Å². The fraction of sp³-hybridized carbons (Fsp3) is 0.867. The molecule has 6 nitrogen and oxygen atoms in total. The molecule has 1 saturated heterocycles. The molecule has 2 unspecified atom stereocenters. The number of carbonyl (C=O) groups is 2. The fourth-order valence-corrected chi connectivity index (χ4v) is 2.35. The smallest absolute Gasteiger partial charge is 0.317 e. The van der Waals surface area contributed by atoms with Gasteiger partial charge in [-0.05, 0) is 32.1 Å². The molecule has 0 aliphatic carbocycles. The third-order valence-electron chi connectivity index (χ3n) is 3.64. The number of amides is 3. The number of rotatable bonds is 6. The number of nitrogens with zero attached hydrogens (tertiary/aromatic N) is 1. The molecule has 0 radical (unpaired) electrons. The first-order valence-corrected chi connectivity index (χ1v) is 7.96. The summed E-state index contributed by atoms with van der Waals surface area (Å²) in [6.07, 6.45) is 2.50. The van der Waals surface area contributed by atoms with Gasteiger partial charge in [0.15, 0.2) is 0 Å². The summed E-state index contributed by atoms with van der Waals surface area (Å²) in [4.78, 5) is 25.9. The van der Waals surface area contributed by atoms with E-state index in [0.717, 1.165) is 25.8 Å². The number of nitrogens with two attached hydrogens (primary N) is 1. The van der Waals surface area contributed by atoms with Crippen LogP contribution < -0.4 is 16.4 Å². The number of hydrogen-bond acceptors (Lipinski definition) is 3. The van der Waals surface area contributed by atoms with Gasteiger partial charge in [0.1, 0.15) is 0 Å². The molecule has 1 fully saturated rings. The zero-order valence-electron chi connectivity index (χ0n) is 13.5. The minimum atomic E-state index is -0.100. The van der Waals surface area contributed by atoms with Crippen LogP contribution in [0, 0.1) is 11.8 Å². The Morgan fingerprint density at radius 1 is 1.29 bits per heavy atom. The highest BCUT2D eigenvalue weighted by molar-refractivity contribution is 5.80. The third-order valence-corrected chi connectivity index (χ3v) is 3.64. The van der Waals surface area contributed by atoms with Crippen molar-refractivity contribution in [1.29, 1.82) is 0 Å². The molecule has 2 atom stereocenters. The Morgan fingerprint density at radius 2 is 2.00 bits per heavy atom. The lowest BCUT2D eigenvalue weighted by molar-refractivity contribution is -0.126. The molecule has 1 rings (SSSR count). The summed E-state index contributed by atoms with van der Waals surface area (Å²) in [5, 5.41) is 5.82. The van der Waals surface area contributed by atoms with Crippen LogP contribution in [0.25, 0.3) is 0 Å². The highest BCUT2D eigenvalue weighted by atomic mass is 16.2. The van der Waals surface area contributed by atoms with Crippen LogP contribution in [-0.4, -0.2) is 49.1 Å². The van der Waals surface area contributed by atoms with Gasteiger partial charge >= 0.3 is 6.03 Å². The first kappa shape index (κ1) is 17.8. The molecule has 1 aliphatic heterocycles. The second-order valence-corrected chi connectivity index (χ2v) is 6.42. The van der Waals surface area contributed by atoms with E-state index >= 15 is 0 Å². The van der Waals surface area contributed by atoms with Crippen LogP contribution >= 0.6 is 0 Å². The van der Waals surface area contributed by atoms with Gasteiger partial charge in [-0.2, -0.15) is 0 Å². The van der Waals surface area contributed by atoms with E-state index in [1.165, 1.54) is 0 Å². The van der Waals surface area contributed by atoms with E-state index in [-0.39, 0.29) is 23.9 Å². The van der Waals surface area contributed by atoms with Crippen molar-refractivity contribution in [2.75, 3.05) is 26.2 Å². The molecule has 0 aromatic rings. The van der Waals surface area contributed by atoms with E-state index in [2.05, 4.69) is 24.5 Å². The molecule has 0 aromatic carbocycles. The zero-order valence-corrected chi connectivity index (χ0v) is 13.5. The monoisotopic (exact) mass is 298 g/mol. The molecule has 3 amide bonds. The second kappa shape index (κ2) is 8.87. The Hall–Kier alpha value is -1.30. The average Bonchev–Trinajstić information content (AvgIpc) is 2.44. The van der Waals surface area contributed by atoms with Gasteiger partial charge in [-0.15, -0.1) is 0 Å². The van der Waals surface area contributed by atoms with Crippen molar-refractivity contribution in [3.05, 3.63) is 0 Å². The zero-order chi connectivity index (χ0) is 15.8. The van der Waals surface area contributed by atoms with Crippen LogP contribution in [-0.2, 0) is 4.79 Å². The molecule has 21 heavy (non-hydrogen) atoms. The predicted octanol–water partition coefficient (Wildman–Crippen LogP) is 0.918. The maximum Gasteiger partial charge on any atom is 0.317 e. The number of piperidine rings is 1. The van der Waals surface area contributed by atoms with Crippen molar-refractivity contribution in [2.45, 2.75) is 46.1 Å². The maximum atomic E-state index is 12.1. The largest absolute Gasteiger partial charge is 0.356 e. The Bertz CT molecular complexity index is 345. The van der Waals surface area contributed by atoms with Crippen LogP contribution in [0.1, 0.15) is 40.0 Å². The molecule has 1 aliphatic rings. The van der Waals surface area contributed by atoms with E-state index in [9.17, 15) is 9.59 Å². The summed E-state index contributed by atoms with van der Waals surface area (Å²) in [7, 11) is 0. The van der Waals surface area contributed by atoms with Crippen LogP contribution in [0.4, 0.5) is 4.79 Å². The SMILES string of the molecule is CC(C)CNC(=O)N1CCCC(C(=O)NCCC(C)N)C1. The van der Waals surface area contributed by atoms with Gasteiger partial charge in [0.25, 0.3) is 0 Å². The van der Waals surface area contributed by atoms with Crippen LogP contribution in [0.15, 0.2) is 0 Å². The summed E-state index contributed by atoms with van der Waals surface area (Å²) >= 11 is 0. The normalized spacial score (nSPS) is 20.2. The minimum Gasteiger partial charge on any atom is -0.356 e. The Kier molecular flexibility index (Phi) is 7.50. The first-order chi connectivity index (χ1) is 9.90. The molecule has 0 spiro atoms. The second-order valence-electron chi connectivity index (χ2n) is 6.42. The molecular formula is C15H30N4O2. The summed E-state index contributed by atoms with van der Waals surface area (Å²) < 4.78 is 0. The molecule has 6 heteroatoms. The molecular weight excluding hydrogens is 268 g/mol. The van der Waals surface area contributed by atoms with Gasteiger partial charge in [0, 0.05) is 32.2 Å². The van der Waals surface area contributed by atoms with E-state index in [1.807, 2.05) is 6.92 Å². The van der Waals surface area contributed by atoms with Gasteiger partial charge in [-0.1, -0.05) is 13.8 Å². The lowest BCUT2D eigenvalue weighted by Crippen LogP contribution is -2.49. The Labute approximate surface area is 127 Å². The lowest BCUT2D eigenvalue weighted by atomic mass is 9.97. The van der Waals surface area contributed by atoms with Gasteiger partial charge < -0.3 is 21.3 Å². The van der Waals surface area contributed by atoms with Gasteiger partial charge in [-0.25, -0.2) is 4.79 Å². The summed E-state index contributed by atoms with van der Waals surface area (Å²) in [5.41, 5.74) is 5.66. The maximum absolute atomic E-state index is 12.1. The first-order valence-electron chi connectivity index (χ1n) is 7.96. The summed E-state index contributed by atoms with van der Waals surface area (Å²) in [5.74, 6) is 0.365. The Balaban J connectivity index is 2.37. The van der Waals surface area contributed by atoms with E-state index in [4.69, 9.17) is 5.73 Å². The summed E-state index contributed by atoms with van der Waals surface area (Å²) in [6, 6.07) is 0.0340. The van der Waals surface area contributed by atoms with E-state index in [1.54, 1.807) is 4.90 Å². The van der Waals surface area contributed by atoms with Crippen molar-refractivity contribution in [3.63, 3.8) is 0 Å². The summed E-state index contributed by atoms with van der Waals surface area (Å²) in [6.45, 7) is 8.55. The van der Waals surface area contributed by atoms with Crippen molar-refractivity contribution in [2.24, 2.45) is 17.6 Å². The van der Waals surface area contributed by atoms with Crippen molar-refractivity contribution in [3.8, 4) is 0 Å². The molecule has 0 bridgehead atoms. The minimum absolute atomic E-state index is 0.0389. The number of hydrogen-bond donors (Lipinski definition) is 3. The van der Waals surface area contributed by atoms with Gasteiger partial charge in [0.05, 0.1) is 5.92 Å². The van der Waals surface area contributed by atoms with Crippen LogP contribution in [0.3, 0.4) is 0 Å². The standard InChI is InChI=1S/C15H30N4O2/c1-11(2)9-18-15(21)19-8-4-5-13(10-19)14(20)17-7-6-12(3)16/h11-13H,4-10,16H2,1-3H3,(H,17,20)(H,18,21). The van der Waals surface area contributed by atoms with Gasteiger partial charge in [0.2, 0.25) is 5.91 Å². The number of urea groups is 1. The van der Waals surface area contributed by atoms with E-state index in [0.29, 0.717) is 25.6 Å². The molecule has 0 aromatic heterocycles. The average molecular weight is 298 g/mol. The number of carbonyl (C=O) groups excluding carboxylic acids is 2. The molecule has 4 N–H and O–H groups in total. The fourth-order valence-electron chi connectivity index (χ4n) is 2.35. The highest BCUT2D eigenvalue weighted by Crippen LogP contribution is 2.16. The van der Waals surface area contributed by atoms with Crippen molar-refractivity contribution >= 4 is 11.9 Å². The Morgan fingerprint density at radius 3 is 2.62 bits per heavy atom. The quantitative estimate of drug-likeness (QED) is 0.681. The lowest BCUT2D eigenvalue weighted by Gasteiger charge is -2.32.